The molecule has 1 fully saturated rings. The Morgan fingerprint density at radius 3 is 2.57 bits per heavy atom. The Morgan fingerprint density at radius 2 is 1.87 bits per heavy atom. The van der Waals surface area contributed by atoms with E-state index in [-0.39, 0.29) is 52.9 Å². The quantitative estimate of drug-likeness (QED) is 0.542. The number of fused-ring (bicyclic) bond motifs is 1. The van der Waals surface area contributed by atoms with Gasteiger partial charge in [-0.1, -0.05) is 36.0 Å². The van der Waals surface area contributed by atoms with E-state index in [0.717, 1.165) is 17.3 Å². The Balaban J connectivity index is 0.00000171. The minimum Gasteiger partial charge on any atom is -1.00 e. The molecule has 150 valence electrons. The van der Waals surface area contributed by atoms with Gasteiger partial charge in [0.2, 0.25) is 5.91 Å². The van der Waals surface area contributed by atoms with Crippen molar-refractivity contribution < 1.29 is 45.3 Å². The number of ether oxygens (including phenoxy) is 1. The first-order valence-electron chi connectivity index (χ1n) is 9.20. The molecule has 1 aromatic heterocycles. The zero-order valence-corrected chi connectivity index (χ0v) is 19.6. The molecule has 0 bridgehead atoms. The van der Waals surface area contributed by atoms with Gasteiger partial charge in [-0.05, 0) is 43.2 Å². The summed E-state index contributed by atoms with van der Waals surface area (Å²) in [6.45, 7) is 2.53. The molecule has 1 unspecified atom stereocenters. The third kappa shape index (κ3) is 4.95. The van der Waals surface area contributed by atoms with E-state index in [4.69, 9.17) is 4.74 Å². The number of carbonyl (C=O) groups is 2. The van der Waals surface area contributed by atoms with Crippen LogP contribution in [-0.2, 0) is 17.8 Å². The van der Waals surface area contributed by atoms with Crippen molar-refractivity contribution in [2.45, 2.75) is 25.1 Å². The summed E-state index contributed by atoms with van der Waals surface area (Å²) in [5.41, 5.74) is 1.57. The first kappa shape index (κ1) is 22.6. The molecule has 1 atom stereocenters. The van der Waals surface area contributed by atoms with Crippen LogP contribution in [0.3, 0.4) is 0 Å². The van der Waals surface area contributed by atoms with Crippen LogP contribution in [0.2, 0.25) is 0 Å². The molecule has 2 amide bonds. The first-order chi connectivity index (χ1) is 14.0. The molecule has 1 aliphatic rings. The van der Waals surface area contributed by atoms with Crippen LogP contribution in [0.4, 0.5) is 4.79 Å². The normalized spacial score (nSPS) is 15.7. The van der Waals surface area contributed by atoms with Crippen LogP contribution in [0.15, 0.2) is 53.3 Å². The van der Waals surface area contributed by atoms with Crippen molar-refractivity contribution in [3.8, 4) is 5.75 Å². The second-order valence-corrected chi connectivity index (χ2v) is 7.89. The van der Waals surface area contributed by atoms with Gasteiger partial charge in [0.1, 0.15) is 18.2 Å². The number of nitrogens with one attached hydrogen (secondary N) is 1. The van der Waals surface area contributed by atoms with E-state index in [1.807, 2.05) is 49.4 Å². The Bertz CT molecular complexity index is 1150. The number of imide groups is 1. The molecule has 0 aliphatic carbocycles. The van der Waals surface area contributed by atoms with Gasteiger partial charge in [0.15, 0.2) is 0 Å². The third-order valence-electron chi connectivity index (χ3n) is 4.75. The fourth-order valence-corrected chi connectivity index (χ4v) is 4.12. The number of hydrogen-bond donors (Lipinski definition) is 1. The largest absolute Gasteiger partial charge is 1.00 e. The van der Waals surface area contributed by atoms with E-state index in [9.17, 15) is 14.4 Å². The molecule has 4 rings (SSSR count). The maximum atomic E-state index is 12.7. The molecule has 7 nitrogen and oxygen atoms in total. The summed E-state index contributed by atoms with van der Waals surface area (Å²) in [6.07, 6.45) is 0.486. The van der Waals surface area contributed by atoms with Crippen molar-refractivity contribution in [1.82, 2.24) is 14.9 Å². The molecule has 0 spiro atoms. The van der Waals surface area contributed by atoms with Crippen LogP contribution in [0.25, 0.3) is 10.9 Å². The molecule has 0 radical (unpaired) electrons. The predicted molar refractivity (Wildman–Crippen MR) is 112 cm³/mol. The number of thioether (sulfide) groups is 1. The van der Waals surface area contributed by atoms with Gasteiger partial charge >= 0.3 is 29.6 Å². The second kappa shape index (κ2) is 9.78. The minimum absolute atomic E-state index is 0. The van der Waals surface area contributed by atoms with Crippen LogP contribution in [0, 0.1) is 6.92 Å². The SMILES string of the molecule is Cc1nc2ccccc2c(=O)n1CCOc1ccc(CC2SC(=O)NC2=O)cc1.[H-].[Na+]. The zero-order chi connectivity index (χ0) is 20.4. The molecule has 1 saturated heterocycles. The molecule has 1 aliphatic heterocycles. The van der Waals surface area contributed by atoms with Crippen LogP contribution < -0.4 is 45.2 Å². The standard InChI is InChI=1S/C21H19N3O4S.Na.H/c1-13-22-17-5-3-2-4-16(17)20(26)24(13)10-11-28-15-8-6-14(7-9-15)12-18-19(25)23-21(27)29-18;;/h2-9,18H,10-12H2,1H3,(H,23,25,27);;/q;+1;-1. The van der Waals surface area contributed by atoms with E-state index in [2.05, 4.69) is 10.3 Å². The van der Waals surface area contributed by atoms with Gasteiger partial charge in [-0.25, -0.2) is 4.98 Å². The maximum Gasteiger partial charge on any atom is 1.00 e. The van der Waals surface area contributed by atoms with E-state index >= 15 is 0 Å². The number of aryl methyl sites for hydroxylation is 1. The summed E-state index contributed by atoms with van der Waals surface area (Å²) >= 11 is 1.02. The maximum absolute atomic E-state index is 12.7. The number of nitrogens with zero attached hydrogens (tertiary/aromatic N) is 2. The Labute approximate surface area is 201 Å². The fourth-order valence-electron chi connectivity index (χ4n) is 3.26. The monoisotopic (exact) mass is 433 g/mol. The second-order valence-electron chi connectivity index (χ2n) is 6.71. The predicted octanol–water partition coefficient (Wildman–Crippen LogP) is -0.205. The average molecular weight is 433 g/mol. The summed E-state index contributed by atoms with van der Waals surface area (Å²) in [6, 6.07) is 14.7. The Hall–Kier alpha value is -2.13. The van der Waals surface area contributed by atoms with Crippen molar-refractivity contribution in [3.63, 3.8) is 0 Å². The van der Waals surface area contributed by atoms with Gasteiger partial charge in [-0.15, -0.1) is 0 Å². The van der Waals surface area contributed by atoms with Gasteiger partial charge in [0.05, 0.1) is 22.7 Å². The van der Waals surface area contributed by atoms with E-state index in [0.29, 0.717) is 42.0 Å². The van der Waals surface area contributed by atoms with Crippen molar-refractivity contribution in [2.24, 2.45) is 0 Å². The van der Waals surface area contributed by atoms with Crippen LogP contribution in [0.1, 0.15) is 12.8 Å². The summed E-state index contributed by atoms with van der Waals surface area (Å²) < 4.78 is 7.38. The Kier molecular flexibility index (Phi) is 7.36. The number of aromatic nitrogens is 2. The zero-order valence-electron chi connectivity index (χ0n) is 17.8. The Morgan fingerprint density at radius 1 is 1.13 bits per heavy atom. The van der Waals surface area contributed by atoms with Crippen molar-refractivity contribution >= 4 is 33.8 Å². The van der Waals surface area contributed by atoms with Gasteiger partial charge in [0, 0.05) is 0 Å². The number of benzene rings is 2. The molecule has 0 saturated carbocycles. The summed E-state index contributed by atoms with van der Waals surface area (Å²) in [5.74, 6) is 1.08. The number of hydrogen-bond acceptors (Lipinski definition) is 6. The van der Waals surface area contributed by atoms with E-state index in [1.165, 1.54) is 0 Å². The third-order valence-corrected chi connectivity index (χ3v) is 5.73. The smallest absolute Gasteiger partial charge is 1.00 e. The number of rotatable bonds is 6. The topological polar surface area (TPSA) is 90.3 Å². The molecule has 1 N–H and O–H groups in total. The van der Waals surface area contributed by atoms with Gasteiger partial charge in [0.25, 0.3) is 10.8 Å². The van der Waals surface area contributed by atoms with Crippen molar-refractivity contribution in [1.29, 1.82) is 0 Å². The minimum atomic E-state index is -0.385. The van der Waals surface area contributed by atoms with Crippen LogP contribution >= 0.6 is 11.8 Å². The molecular formula is C21H20N3NaO4S. The van der Waals surface area contributed by atoms with Gasteiger partial charge in [-0.2, -0.15) is 0 Å². The molecule has 30 heavy (non-hydrogen) atoms. The van der Waals surface area contributed by atoms with E-state index < -0.39 is 0 Å². The van der Waals surface area contributed by atoms with Crippen molar-refractivity contribution in [3.05, 3.63) is 70.3 Å². The molecule has 2 heterocycles. The number of para-hydroxylation sites is 1. The van der Waals surface area contributed by atoms with Gasteiger partial charge < -0.3 is 6.16 Å². The van der Waals surface area contributed by atoms with Crippen LogP contribution in [-0.4, -0.2) is 32.6 Å². The molecule has 3 aromatic rings. The fraction of sp³-hybridized carbons (Fsp3) is 0.238. The number of amides is 2. The summed E-state index contributed by atoms with van der Waals surface area (Å²) in [7, 11) is 0. The molecular weight excluding hydrogens is 413 g/mol. The summed E-state index contributed by atoms with van der Waals surface area (Å²) in [4.78, 5) is 40.0. The molecule has 2 aromatic carbocycles. The van der Waals surface area contributed by atoms with E-state index in [1.54, 1.807) is 10.6 Å². The summed E-state index contributed by atoms with van der Waals surface area (Å²) in [5, 5.41) is 2.20. The van der Waals surface area contributed by atoms with Gasteiger partial charge in [-0.3, -0.25) is 24.3 Å². The molecule has 9 heteroatoms. The van der Waals surface area contributed by atoms with Crippen molar-refractivity contribution in [2.75, 3.05) is 6.61 Å². The number of carbonyl (C=O) groups excluding carboxylic acids is 2. The first-order valence-corrected chi connectivity index (χ1v) is 10.1. The average Bonchev–Trinajstić information content (AvgIpc) is 3.02. The van der Waals surface area contributed by atoms with Crippen LogP contribution in [0.5, 0.6) is 5.75 Å².